The Kier molecular flexibility index (Phi) is 5.73. The fourth-order valence-electron chi connectivity index (χ4n) is 4.37. The third-order valence-electron chi connectivity index (χ3n) is 5.90. The van der Waals surface area contributed by atoms with Crippen LogP contribution >= 0.6 is 11.6 Å². The van der Waals surface area contributed by atoms with Crippen molar-refractivity contribution >= 4 is 22.6 Å². The van der Waals surface area contributed by atoms with E-state index >= 15 is 0 Å². The number of halogens is 1. The summed E-state index contributed by atoms with van der Waals surface area (Å²) in [4.78, 5) is 15.3. The number of methoxy groups -OCH3 is 2. The van der Waals surface area contributed by atoms with Crippen LogP contribution in [0.5, 0.6) is 11.5 Å². The summed E-state index contributed by atoms with van der Waals surface area (Å²) in [7, 11) is 5.07. The molecule has 1 saturated heterocycles. The molecule has 1 N–H and O–H groups in total. The lowest BCUT2D eigenvalue weighted by molar-refractivity contribution is 0.171. The van der Waals surface area contributed by atoms with Crippen LogP contribution in [0.1, 0.15) is 17.9 Å². The SMILES string of the molecule is COc1cc(OC)c2c(=O)cc(-c3cccc(Cl)c3)oc2c1[C@@H]1CCN(C)[C@H]1CO. The van der Waals surface area contributed by atoms with Crippen molar-refractivity contribution in [1.29, 1.82) is 0 Å². The van der Waals surface area contributed by atoms with E-state index in [2.05, 4.69) is 4.90 Å². The molecule has 4 rings (SSSR count). The number of hydrogen-bond donors (Lipinski definition) is 1. The number of aliphatic hydroxyl groups excluding tert-OH is 1. The van der Waals surface area contributed by atoms with E-state index in [0.29, 0.717) is 38.8 Å². The Bertz CT molecular complexity index is 1140. The molecule has 7 heteroatoms. The van der Waals surface area contributed by atoms with Crippen molar-refractivity contribution in [2.75, 3.05) is 34.4 Å². The molecule has 6 nitrogen and oxygen atoms in total. The van der Waals surface area contributed by atoms with Gasteiger partial charge in [0, 0.05) is 40.2 Å². The summed E-state index contributed by atoms with van der Waals surface area (Å²) < 4.78 is 17.5. The lowest BCUT2D eigenvalue weighted by Crippen LogP contribution is -2.32. The summed E-state index contributed by atoms with van der Waals surface area (Å²) >= 11 is 6.14. The Morgan fingerprint density at radius 2 is 1.97 bits per heavy atom. The van der Waals surface area contributed by atoms with Crippen LogP contribution in [0, 0.1) is 0 Å². The van der Waals surface area contributed by atoms with Crippen LogP contribution in [-0.4, -0.2) is 50.5 Å². The highest BCUT2D eigenvalue weighted by Gasteiger charge is 2.37. The molecule has 30 heavy (non-hydrogen) atoms. The zero-order chi connectivity index (χ0) is 21.4. The van der Waals surface area contributed by atoms with Gasteiger partial charge in [-0.05, 0) is 32.1 Å². The standard InChI is InChI=1S/C23H24ClNO5/c1-25-8-7-15(16(25)12-26)21-19(28-2)11-20(29-3)22-17(27)10-18(30-23(21)22)13-5-4-6-14(24)9-13/h4-6,9-11,15-16,26H,7-8,12H2,1-3H3/t15-,16+/m1/s1. The molecule has 0 unspecified atom stereocenters. The van der Waals surface area contributed by atoms with Crippen molar-refractivity contribution in [2.24, 2.45) is 0 Å². The molecule has 1 aliphatic rings. The fraction of sp³-hybridized carbons (Fsp3) is 0.348. The maximum Gasteiger partial charge on any atom is 0.197 e. The minimum Gasteiger partial charge on any atom is -0.496 e. The lowest BCUT2D eigenvalue weighted by atomic mass is 9.89. The van der Waals surface area contributed by atoms with Gasteiger partial charge in [0.2, 0.25) is 0 Å². The Morgan fingerprint density at radius 3 is 2.63 bits per heavy atom. The number of rotatable bonds is 5. The molecule has 2 heterocycles. The third-order valence-corrected chi connectivity index (χ3v) is 6.13. The lowest BCUT2D eigenvalue weighted by Gasteiger charge is -2.25. The van der Waals surface area contributed by atoms with Crippen LogP contribution in [0.4, 0.5) is 0 Å². The van der Waals surface area contributed by atoms with Crippen molar-refractivity contribution in [3.8, 4) is 22.8 Å². The van der Waals surface area contributed by atoms with Crippen LogP contribution in [0.2, 0.25) is 5.02 Å². The second-order valence-electron chi connectivity index (χ2n) is 7.51. The maximum absolute atomic E-state index is 13.1. The van der Waals surface area contributed by atoms with Crippen LogP contribution in [0.15, 0.2) is 45.6 Å². The number of likely N-dealkylation sites (tertiary alicyclic amines) is 1. The summed E-state index contributed by atoms with van der Waals surface area (Å²) in [6.07, 6.45) is 0.810. The molecule has 3 aromatic rings. The number of fused-ring (bicyclic) bond motifs is 1. The second kappa shape index (κ2) is 8.30. The van der Waals surface area contributed by atoms with E-state index < -0.39 is 0 Å². The summed E-state index contributed by atoms with van der Waals surface area (Å²) in [6.45, 7) is 0.820. The molecular formula is C23H24ClNO5. The highest BCUT2D eigenvalue weighted by atomic mass is 35.5. The first-order valence-corrected chi connectivity index (χ1v) is 10.2. The van der Waals surface area contributed by atoms with Gasteiger partial charge in [0.25, 0.3) is 0 Å². The normalized spacial score (nSPS) is 19.4. The van der Waals surface area contributed by atoms with Gasteiger partial charge in [-0.1, -0.05) is 23.7 Å². The molecule has 2 atom stereocenters. The Hall–Kier alpha value is -2.54. The zero-order valence-corrected chi connectivity index (χ0v) is 17.9. The van der Waals surface area contributed by atoms with Gasteiger partial charge in [0.05, 0.1) is 20.8 Å². The maximum atomic E-state index is 13.1. The molecule has 0 aliphatic carbocycles. The fourth-order valence-corrected chi connectivity index (χ4v) is 4.56. The van der Waals surface area contributed by atoms with Gasteiger partial charge >= 0.3 is 0 Å². The number of ether oxygens (including phenoxy) is 2. The van der Waals surface area contributed by atoms with Crippen molar-refractivity contribution in [3.63, 3.8) is 0 Å². The average molecular weight is 430 g/mol. The van der Waals surface area contributed by atoms with Crippen LogP contribution in [0.3, 0.4) is 0 Å². The molecule has 0 radical (unpaired) electrons. The van der Waals surface area contributed by atoms with E-state index in [4.69, 9.17) is 25.5 Å². The molecule has 1 aromatic heterocycles. The molecule has 1 fully saturated rings. The number of aliphatic hydroxyl groups is 1. The summed E-state index contributed by atoms with van der Waals surface area (Å²) in [5.41, 5.74) is 1.69. The van der Waals surface area contributed by atoms with Gasteiger partial charge in [0.1, 0.15) is 28.2 Å². The number of hydrogen-bond acceptors (Lipinski definition) is 6. The van der Waals surface area contributed by atoms with Crippen LogP contribution in [-0.2, 0) is 0 Å². The Morgan fingerprint density at radius 1 is 1.20 bits per heavy atom. The van der Waals surface area contributed by atoms with Crippen molar-refractivity contribution < 1.29 is 19.0 Å². The smallest absolute Gasteiger partial charge is 0.197 e. The Labute approximate surface area is 179 Å². The van der Waals surface area contributed by atoms with Gasteiger partial charge in [-0.15, -0.1) is 0 Å². The minimum atomic E-state index is -0.209. The average Bonchev–Trinajstić information content (AvgIpc) is 3.12. The van der Waals surface area contributed by atoms with Gasteiger partial charge in [-0.25, -0.2) is 0 Å². The van der Waals surface area contributed by atoms with Gasteiger partial charge < -0.3 is 23.9 Å². The minimum absolute atomic E-state index is 0.00391. The number of nitrogens with zero attached hydrogens (tertiary/aromatic N) is 1. The predicted octanol–water partition coefficient (Wildman–Crippen LogP) is 3.91. The molecule has 0 amide bonds. The van der Waals surface area contributed by atoms with E-state index in [1.165, 1.54) is 13.2 Å². The Balaban J connectivity index is 2.05. The highest BCUT2D eigenvalue weighted by molar-refractivity contribution is 6.30. The summed E-state index contributed by atoms with van der Waals surface area (Å²) in [6, 6.07) is 10.2. The van der Waals surface area contributed by atoms with Crippen LogP contribution in [0.25, 0.3) is 22.3 Å². The second-order valence-corrected chi connectivity index (χ2v) is 7.95. The monoisotopic (exact) mass is 429 g/mol. The van der Waals surface area contributed by atoms with Crippen molar-refractivity contribution in [3.05, 3.63) is 57.2 Å². The molecule has 2 aromatic carbocycles. The van der Waals surface area contributed by atoms with Gasteiger partial charge in [0.15, 0.2) is 5.43 Å². The van der Waals surface area contributed by atoms with E-state index in [-0.39, 0.29) is 24.0 Å². The molecule has 1 aliphatic heterocycles. The zero-order valence-electron chi connectivity index (χ0n) is 17.1. The topological polar surface area (TPSA) is 72.1 Å². The third kappa shape index (κ3) is 3.45. The molecule has 158 valence electrons. The first kappa shape index (κ1) is 20.7. The largest absolute Gasteiger partial charge is 0.496 e. The molecule has 0 bridgehead atoms. The summed E-state index contributed by atoms with van der Waals surface area (Å²) in [5, 5.41) is 10.9. The van der Waals surface area contributed by atoms with Gasteiger partial charge in [-0.2, -0.15) is 0 Å². The van der Waals surface area contributed by atoms with Crippen molar-refractivity contribution in [2.45, 2.75) is 18.4 Å². The van der Waals surface area contributed by atoms with Crippen molar-refractivity contribution in [1.82, 2.24) is 4.90 Å². The predicted molar refractivity (Wildman–Crippen MR) is 117 cm³/mol. The summed E-state index contributed by atoms with van der Waals surface area (Å²) in [5.74, 6) is 1.33. The first-order chi connectivity index (χ1) is 14.5. The van der Waals surface area contributed by atoms with E-state index in [0.717, 1.165) is 18.5 Å². The van der Waals surface area contributed by atoms with E-state index in [9.17, 15) is 9.90 Å². The number of benzene rings is 2. The molecule has 0 spiro atoms. The quantitative estimate of drug-likeness (QED) is 0.663. The van der Waals surface area contributed by atoms with Crippen LogP contribution < -0.4 is 14.9 Å². The first-order valence-electron chi connectivity index (χ1n) is 9.78. The molecular weight excluding hydrogens is 406 g/mol. The van der Waals surface area contributed by atoms with Gasteiger partial charge in [-0.3, -0.25) is 4.79 Å². The number of likely N-dealkylation sites (N-methyl/N-ethyl adjacent to an activating group) is 1. The van der Waals surface area contributed by atoms with E-state index in [1.807, 2.05) is 19.2 Å². The van der Waals surface area contributed by atoms with E-state index in [1.54, 1.807) is 25.3 Å². The highest BCUT2D eigenvalue weighted by Crippen LogP contribution is 2.44. The molecule has 0 saturated carbocycles.